The van der Waals surface area contributed by atoms with Crippen LogP contribution in [0.2, 0.25) is 10.0 Å². The largest absolute Gasteiger partial charge is 0.309 e. The minimum absolute atomic E-state index is 0.220. The van der Waals surface area contributed by atoms with Gasteiger partial charge in [0, 0.05) is 23.6 Å². The SMILES string of the molecule is CN1C(=O)/C(=N\n2c(-c3ccc(Cl)c(Cl)c3)csc2=Nc2ccc(F)cc2)c2ccccc21. The molecule has 4 aromatic rings. The Balaban J connectivity index is 1.75. The number of likely N-dealkylation sites (N-methyl/N-ethyl adjacent to an activating group) is 1. The highest BCUT2D eigenvalue weighted by Gasteiger charge is 2.31. The number of rotatable bonds is 3. The predicted octanol–water partition coefficient (Wildman–Crippen LogP) is 6.12. The van der Waals surface area contributed by atoms with Gasteiger partial charge < -0.3 is 4.90 Å². The van der Waals surface area contributed by atoms with E-state index in [1.54, 1.807) is 40.9 Å². The third kappa shape index (κ3) is 3.99. The van der Waals surface area contributed by atoms with E-state index in [9.17, 15) is 9.18 Å². The lowest BCUT2D eigenvalue weighted by Gasteiger charge is -2.08. The molecule has 1 aliphatic rings. The van der Waals surface area contributed by atoms with E-state index in [4.69, 9.17) is 28.3 Å². The van der Waals surface area contributed by atoms with Crippen LogP contribution in [0.1, 0.15) is 5.56 Å². The molecule has 33 heavy (non-hydrogen) atoms. The fourth-order valence-corrected chi connectivity index (χ4v) is 4.65. The van der Waals surface area contributed by atoms with Crippen molar-refractivity contribution in [2.24, 2.45) is 10.1 Å². The van der Waals surface area contributed by atoms with Crippen molar-refractivity contribution >= 4 is 57.5 Å². The zero-order valence-electron chi connectivity index (χ0n) is 17.2. The number of hydrogen-bond donors (Lipinski definition) is 0. The summed E-state index contributed by atoms with van der Waals surface area (Å²) >= 11 is 13.7. The van der Waals surface area contributed by atoms with Crippen LogP contribution in [0.4, 0.5) is 15.8 Å². The van der Waals surface area contributed by atoms with Crippen molar-refractivity contribution in [2.75, 3.05) is 11.9 Å². The minimum atomic E-state index is -0.346. The van der Waals surface area contributed by atoms with Crippen LogP contribution < -0.4 is 9.70 Å². The molecule has 0 aliphatic carbocycles. The minimum Gasteiger partial charge on any atom is -0.309 e. The molecule has 3 aromatic carbocycles. The molecule has 0 spiro atoms. The molecular formula is C24H15Cl2FN4OS. The van der Waals surface area contributed by atoms with Crippen LogP contribution in [0.3, 0.4) is 0 Å². The highest BCUT2D eigenvalue weighted by atomic mass is 35.5. The van der Waals surface area contributed by atoms with Crippen molar-refractivity contribution in [1.29, 1.82) is 0 Å². The van der Waals surface area contributed by atoms with Crippen LogP contribution in [0.5, 0.6) is 0 Å². The van der Waals surface area contributed by atoms with Crippen molar-refractivity contribution in [3.05, 3.63) is 98.3 Å². The Morgan fingerprint density at radius 2 is 1.73 bits per heavy atom. The summed E-state index contributed by atoms with van der Waals surface area (Å²) in [6, 6.07) is 18.6. The number of thiazole rings is 1. The molecule has 5 rings (SSSR count). The number of amides is 1. The molecule has 5 nitrogen and oxygen atoms in total. The molecule has 0 bridgehead atoms. The Morgan fingerprint density at radius 1 is 0.970 bits per heavy atom. The molecule has 2 heterocycles. The predicted molar refractivity (Wildman–Crippen MR) is 131 cm³/mol. The third-order valence-electron chi connectivity index (χ3n) is 5.18. The van der Waals surface area contributed by atoms with Crippen molar-refractivity contribution in [1.82, 2.24) is 4.68 Å². The van der Waals surface area contributed by atoms with E-state index in [1.165, 1.54) is 23.5 Å². The van der Waals surface area contributed by atoms with Crippen molar-refractivity contribution in [2.45, 2.75) is 0 Å². The van der Waals surface area contributed by atoms with Gasteiger partial charge in [0.2, 0.25) is 4.80 Å². The molecule has 9 heteroatoms. The van der Waals surface area contributed by atoms with E-state index in [-0.39, 0.29) is 11.7 Å². The maximum absolute atomic E-state index is 13.4. The number of benzene rings is 3. The van der Waals surface area contributed by atoms with Gasteiger partial charge in [0.15, 0.2) is 5.71 Å². The summed E-state index contributed by atoms with van der Waals surface area (Å²) in [4.78, 5) is 19.7. The number of carbonyl (C=O) groups is 1. The fourth-order valence-electron chi connectivity index (χ4n) is 3.50. The lowest BCUT2D eigenvalue weighted by Crippen LogP contribution is -2.27. The Bertz CT molecular complexity index is 1490. The summed E-state index contributed by atoms with van der Waals surface area (Å²) < 4.78 is 15.0. The number of hydrogen-bond acceptors (Lipinski definition) is 4. The molecule has 1 aliphatic heterocycles. The van der Waals surface area contributed by atoms with E-state index in [2.05, 4.69) is 4.99 Å². The maximum atomic E-state index is 13.4. The van der Waals surface area contributed by atoms with Gasteiger partial charge >= 0.3 is 0 Å². The highest BCUT2D eigenvalue weighted by molar-refractivity contribution is 7.07. The smallest absolute Gasteiger partial charge is 0.279 e. The Kier molecular flexibility index (Phi) is 5.62. The van der Waals surface area contributed by atoms with Crippen LogP contribution in [0.25, 0.3) is 11.3 Å². The number of anilines is 1. The van der Waals surface area contributed by atoms with E-state index in [1.807, 2.05) is 35.7 Å². The van der Waals surface area contributed by atoms with Gasteiger partial charge in [0.05, 0.1) is 27.1 Å². The zero-order valence-corrected chi connectivity index (χ0v) is 19.5. The standard InChI is InChI=1S/C24H15Cl2FN4OS/c1-30-20-5-3-2-4-17(20)22(23(30)32)29-31-21(14-6-11-18(25)19(26)12-14)13-33-24(31)28-16-9-7-15(27)8-10-16/h2-13H,1H3/b28-24?,29-22-. The van der Waals surface area contributed by atoms with Crippen LogP contribution >= 0.6 is 34.5 Å². The Hall–Kier alpha value is -3.26. The molecule has 164 valence electrons. The summed E-state index contributed by atoms with van der Waals surface area (Å²) in [5.74, 6) is -0.566. The van der Waals surface area contributed by atoms with Gasteiger partial charge in [0.25, 0.3) is 5.91 Å². The molecule has 0 atom stereocenters. The fraction of sp³-hybridized carbons (Fsp3) is 0.0417. The second kappa shape index (κ2) is 8.59. The van der Waals surface area contributed by atoms with E-state index in [0.29, 0.717) is 31.9 Å². The van der Waals surface area contributed by atoms with E-state index < -0.39 is 0 Å². The molecule has 0 radical (unpaired) electrons. The van der Waals surface area contributed by atoms with Crippen molar-refractivity contribution in [3.63, 3.8) is 0 Å². The summed E-state index contributed by atoms with van der Waals surface area (Å²) in [5.41, 5.74) is 3.82. The van der Waals surface area contributed by atoms with E-state index >= 15 is 0 Å². The number of aromatic nitrogens is 1. The van der Waals surface area contributed by atoms with Gasteiger partial charge in [-0.05, 0) is 42.5 Å². The van der Waals surface area contributed by atoms with Crippen LogP contribution in [0.15, 0.2) is 82.2 Å². The first kappa shape index (κ1) is 21.6. The molecule has 0 unspecified atom stereocenters. The van der Waals surface area contributed by atoms with Crippen LogP contribution in [-0.4, -0.2) is 23.3 Å². The first-order chi connectivity index (χ1) is 15.9. The molecular weight excluding hydrogens is 482 g/mol. The molecule has 1 aromatic heterocycles. The molecule has 0 saturated heterocycles. The number of halogens is 3. The van der Waals surface area contributed by atoms with Gasteiger partial charge in [0.1, 0.15) is 5.82 Å². The normalized spacial score (nSPS) is 14.9. The first-order valence-corrected chi connectivity index (χ1v) is 11.5. The lowest BCUT2D eigenvalue weighted by atomic mass is 10.1. The second-order valence-corrected chi connectivity index (χ2v) is 8.91. The summed E-state index contributed by atoms with van der Waals surface area (Å²) in [6.07, 6.45) is 0. The van der Waals surface area contributed by atoms with E-state index in [0.717, 1.165) is 16.8 Å². The zero-order chi connectivity index (χ0) is 23.1. The van der Waals surface area contributed by atoms with Gasteiger partial charge in [-0.15, -0.1) is 11.3 Å². The third-order valence-corrected chi connectivity index (χ3v) is 6.73. The van der Waals surface area contributed by atoms with Crippen LogP contribution in [-0.2, 0) is 4.79 Å². The van der Waals surface area contributed by atoms with Crippen LogP contribution in [0, 0.1) is 5.82 Å². The Morgan fingerprint density at radius 3 is 2.48 bits per heavy atom. The number of fused-ring (bicyclic) bond motifs is 1. The maximum Gasteiger partial charge on any atom is 0.279 e. The quantitative estimate of drug-likeness (QED) is 0.336. The molecule has 1 amide bonds. The highest BCUT2D eigenvalue weighted by Crippen LogP contribution is 2.31. The molecule has 0 saturated carbocycles. The van der Waals surface area contributed by atoms with Crippen molar-refractivity contribution in [3.8, 4) is 11.3 Å². The molecule has 0 N–H and O–H groups in total. The topological polar surface area (TPSA) is 50.0 Å². The number of nitrogens with zero attached hydrogens (tertiary/aromatic N) is 4. The van der Waals surface area contributed by atoms with Gasteiger partial charge in [-0.2, -0.15) is 5.10 Å². The van der Waals surface area contributed by atoms with Crippen molar-refractivity contribution < 1.29 is 9.18 Å². The Labute approximate surface area is 202 Å². The average molecular weight is 497 g/mol. The monoisotopic (exact) mass is 496 g/mol. The summed E-state index contributed by atoms with van der Waals surface area (Å²) in [7, 11) is 1.71. The lowest BCUT2D eigenvalue weighted by molar-refractivity contribution is -0.112. The summed E-state index contributed by atoms with van der Waals surface area (Å²) in [5, 5.41) is 7.46. The van der Waals surface area contributed by atoms with Gasteiger partial charge in [-0.25, -0.2) is 14.1 Å². The van der Waals surface area contributed by atoms with Gasteiger partial charge in [-0.3, -0.25) is 4.79 Å². The first-order valence-electron chi connectivity index (χ1n) is 9.85. The number of carbonyl (C=O) groups excluding carboxylic acids is 1. The molecule has 0 fully saturated rings. The number of para-hydroxylation sites is 1. The summed E-state index contributed by atoms with van der Waals surface area (Å²) in [6.45, 7) is 0. The van der Waals surface area contributed by atoms with Gasteiger partial charge in [-0.1, -0.05) is 47.5 Å². The second-order valence-electron chi connectivity index (χ2n) is 7.26. The average Bonchev–Trinajstić information content (AvgIpc) is 3.32.